The molecule has 0 aromatic heterocycles. The summed E-state index contributed by atoms with van der Waals surface area (Å²) in [7, 11) is 0. The van der Waals surface area contributed by atoms with Gasteiger partial charge < -0.3 is 4.74 Å². The Morgan fingerprint density at radius 1 is 1.04 bits per heavy atom. The fourth-order valence-electron chi connectivity index (χ4n) is 3.43. The SMILES string of the molecule is CC=CCC1CCC(CCc2cc(F)c(OC(F)(F)F)c(F)c2)CC1. The molecule has 0 bridgehead atoms. The van der Waals surface area contributed by atoms with Gasteiger partial charge in [0.05, 0.1) is 0 Å². The molecule has 1 aliphatic carbocycles. The zero-order valence-electron chi connectivity index (χ0n) is 14.2. The number of ether oxygens (including phenoxy) is 1. The van der Waals surface area contributed by atoms with Crippen LogP contribution in [0.25, 0.3) is 0 Å². The van der Waals surface area contributed by atoms with E-state index in [1.807, 2.05) is 6.92 Å². The number of benzene rings is 1. The number of hydrogen-bond acceptors (Lipinski definition) is 1. The monoisotopic (exact) mass is 362 g/mol. The summed E-state index contributed by atoms with van der Waals surface area (Å²) in [6.07, 6.45) is 5.92. The first-order valence-electron chi connectivity index (χ1n) is 8.63. The second kappa shape index (κ2) is 8.68. The van der Waals surface area contributed by atoms with Gasteiger partial charge in [-0.2, -0.15) is 0 Å². The molecule has 1 fully saturated rings. The quantitative estimate of drug-likeness (QED) is 0.411. The first-order valence-corrected chi connectivity index (χ1v) is 8.63. The van der Waals surface area contributed by atoms with E-state index in [9.17, 15) is 22.0 Å². The summed E-state index contributed by atoms with van der Waals surface area (Å²) in [4.78, 5) is 0. The Balaban J connectivity index is 1.87. The van der Waals surface area contributed by atoms with Gasteiger partial charge in [0, 0.05) is 0 Å². The van der Waals surface area contributed by atoms with Crippen molar-refractivity contribution in [1.29, 1.82) is 0 Å². The molecule has 25 heavy (non-hydrogen) atoms. The normalized spacial score (nSPS) is 21.7. The second-order valence-corrected chi connectivity index (χ2v) is 6.67. The van der Waals surface area contributed by atoms with E-state index in [-0.39, 0.29) is 0 Å². The van der Waals surface area contributed by atoms with Crippen molar-refractivity contribution in [2.24, 2.45) is 11.8 Å². The Bertz CT molecular complexity index is 563. The first-order chi connectivity index (χ1) is 11.8. The highest BCUT2D eigenvalue weighted by molar-refractivity contribution is 5.31. The molecule has 0 heterocycles. The summed E-state index contributed by atoms with van der Waals surface area (Å²) < 4.78 is 67.2. The van der Waals surface area contributed by atoms with Gasteiger partial charge in [0.1, 0.15) is 0 Å². The molecule has 0 spiro atoms. The molecule has 0 aliphatic heterocycles. The number of aryl methyl sites for hydroxylation is 1. The van der Waals surface area contributed by atoms with Crippen LogP contribution in [0.4, 0.5) is 22.0 Å². The largest absolute Gasteiger partial charge is 0.573 e. The van der Waals surface area contributed by atoms with Gasteiger partial charge in [0.15, 0.2) is 11.6 Å². The van der Waals surface area contributed by atoms with Gasteiger partial charge in [-0.15, -0.1) is 13.2 Å². The molecule has 1 aromatic carbocycles. The summed E-state index contributed by atoms with van der Waals surface area (Å²) in [6.45, 7) is 2.01. The van der Waals surface area contributed by atoms with Gasteiger partial charge in [-0.25, -0.2) is 8.78 Å². The van der Waals surface area contributed by atoms with E-state index >= 15 is 0 Å². The summed E-state index contributed by atoms with van der Waals surface area (Å²) in [5.41, 5.74) is 0.362. The molecule has 0 amide bonds. The predicted molar refractivity (Wildman–Crippen MR) is 86.2 cm³/mol. The van der Waals surface area contributed by atoms with Crippen LogP contribution in [0.5, 0.6) is 5.75 Å². The van der Waals surface area contributed by atoms with E-state index in [1.165, 1.54) is 0 Å². The zero-order valence-corrected chi connectivity index (χ0v) is 14.2. The van der Waals surface area contributed by atoms with E-state index in [1.54, 1.807) is 0 Å². The molecule has 0 radical (unpaired) electrons. The van der Waals surface area contributed by atoms with Crippen LogP contribution in [-0.4, -0.2) is 6.36 Å². The average Bonchev–Trinajstić information content (AvgIpc) is 2.54. The van der Waals surface area contributed by atoms with Crippen molar-refractivity contribution in [3.8, 4) is 5.75 Å². The highest BCUT2D eigenvalue weighted by Gasteiger charge is 2.34. The minimum absolute atomic E-state index is 0.362. The maximum atomic E-state index is 13.7. The van der Waals surface area contributed by atoms with Gasteiger partial charge in [0.2, 0.25) is 5.75 Å². The summed E-state index contributed by atoms with van der Waals surface area (Å²) in [6, 6.07) is 1.86. The average molecular weight is 362 g/mol. The fraction of sp³-hybridized carbons (Fsp3) is 0.579. The molecule has 1 saturated carbocycles. The number of rotatable bonds is 6. The first kappa shape index (κ1) is 19.7. The van der Waals surface area contributed by atoms with Crippen LogP contribution in [0.15, 0.2) is 24.3 Å². The second-order valence-electron chi connectivity index (χ2n) is 6.67. The van der Waals surface area contributed by atoms with Crippen molar-refractivity contribution in [2.75, 3.05) is 0 Å². The third-order valence-corrected chi connectivity index (χ3v) is 4.79. The molecule has 140 valence electrons. The van der Waals surface area contributed by atoms with Gasteiger partial charge in [-0.1, -0.05) is 25.0 Å². The van der Waals surface area contributed by atoms with Crippen LogP contribution in [-0.2, 0) is 6.42 Å². The highest BCUT2D eigenvalue weighted by Crippen LogP contribution is 2.34. The standard InChI is InChI=1S/C19H23F5O/c1-2-3-4-13-5-7-14(8-6-13)9-10-15-11-16(20)18(17(21)12-15)25-19(22,23)24/h2-3,11-14H,4-10H2,1H3. The van der Waals surface area contributed by atoms with Crippen LogP contribution >= 0.6 is 0 Å². The molecule has 6 heteroatoms. The van der Waals surface area contributed by atoms with Gasteiger partial charge >= 0.3 is 6.36 Å². The van der Waals surface area contributed by atoms with Crippen molar-refractivity contribution in [2.45, 2.75) is 58.2 Å². The van der Waals surface area contributed by atoms with Crippen molar-refractivity contribution in [3.05, 3.63) is 41.5 Å². The Hall–Kier alpha value is -1.59. The third-order valence-electron chi connectivity index (χ3n) is 4.79. The van der Waals surface area contributed by atoms with E-state index in [0.29, 0.717) is 23.8 Å². The number of alkyl halides is 3. The smallest absolute Gasteiger partial charge is 0.399 e. The van der Waals surface area contributed by atoms with Crippen LogP contribution < -0.4 is 4.74 Å². The van der Waals surface area contributed by atoms with Gasteiger partial charge in [-0.3, -0.25) is 0 Å². The highest BCUT2D eigenvalue weighted by atomic mass is 19.4. The van der Waals surface area contributed by atoms with Crippen molar-refractivity contribution >= 4 is 0 Å². The molecule has 2 rings (SSSR count). The Morgan fingerprint density at radius 2 is 1.60 bits per heavy atom. The summed E-state index contributed by atoms with van der Waals surface area (Å²) >= 11 is 0. The van der Waals surface area contributed by atoms with Crippen LogP contribution in [0.1, 0.15) is 51.0 Å². The lowest BCUT2D eigenvalue weighted by Gasteiger charge is -2.28. The topological polar surface area (TPSA) is 9.23 Å². The maximum absolute atomic E-state index is 13.7. The van der Waals surface area contributed by atoms with Crippen molar-refractivity contribution in [1.82, 2.24) is 0 Å². The summed E-state index contributed by atoms with van der Waals surface area (Å²) in [5.74, 6) is -2.81. The van der Waals surface area contributed by atoms with E-state index in [0.717, 1.165) is 50.7 Å². The number of hydrogen-bond donors (Lipinski definition) is 0. The Morgan fingerprint density at radius 3 is 2.12 bits per heavy atom. The lowest BCUT2D eigenvalue weighted by Crippen LogP contribution is -2.19. The molecule has 0 saturated heterocycles. The molecule has 0 unspecified atom stereocenters. The lowest BCUT2D eigenvalue weighted by atomic mass is 9.78. The molecule has 1 aliphatic rings. The number of halogens is 5. The van der Waals surface area contributed by atoms with Crippen LogP contribution in [0.3, 0.4) is 0 Å². The van der Waals surface area contributed by atoms with Gasteiger partial charge in [-0.05, 0) is 68.6 Å². The molecule has 1 nitrogen and oxygen atoms in total. The molecule has 1 aromatic rings. The lowest BCUT2D eigenvalue weighted by molar-refractivity contribution is -0.276. The third kappa shape index (κ3) is 6.33. The molecule has 0 atom stereocenters. The molecule has 0 N–H and O–H groups in total. The summed E-state index contributed by atoms with van der Waals surface area (Å²) in [5, 5.41) is 0. The van der Waals surface area contributed by atoms with E-state index < -0.39 is 23.7 Å². The van der Waals surface area contributed by atoms with Crippen molar-refractivity contribution in [3.63, 3.8) is 0 Å². The van der Waals surface area contributed by atoms with Crippen molar-refractivity contribution < 1.29 is 26.7 Å². The molecular weight excluding hydrogens is 339 g/mol. The fourth-order valence-corrected chi connectivity index (χ4v) is 3.43. The Labute approximate surface area is 144 Å². The maximum Gasteiger partial charge on any atom is 0.573 e. The van der Waals surface area contributed by atoms with Gasteiger partial charge in [0.25, 0.3) is 0 Å². The zero-order chi connectivity index (χ0) is 18.4. The van der Waals surface area contributed by atoms with E-state index in [2.05, 4.69) is 16.9 Å². The number of allylic oxidation sites excluding steroid dienone is 2. The minimum atomic E-state index is -5.12. The van der Waals surface area contributed by atoms with E-state index in [4.69, 9.17) is 0 Å². The van der Waals surface area contributed by atoms with Crippen LogP contribution in [0, 0.1) is 23.5 Å². The minimum Gasteiger partial charge on any atom is -0.399 e. The molecular formula is C19H23F5O. The van der Waals surface area contributed by atoms with Crippen LogP contribution in [0.2, 0.25) is 0 Å². The predicted octanol–water partition coefficient (Wildman–Crippen LogP) is 6.57. The Kier molecular flexibility index (Phi) is 6.85.